The molecule has 1 saturated carbocycles. The van der Waals surface area contributed by atoms with E-state index in [1.807, 2.05) is 20.1 Å². The Morgan fingerprint density at radius 2 is 1.89 bits per heavy atom. The predicted molar refractivity (Wildman–Crippen MR) is 109 cm³/mol. The molecule has 5 atom stereocenters. The molecule has 2 aliphatic carbocycles. The fourth-order valence-electron chi connectivity index (χ4n) is 4.55. The van der Waals surface area contributed by atoms with Crippen LogP contribution in [0.3, 0.4) is 0 Å². The first kappa shape index (κ1) is 19.6. The molecule has 0 radical (unpaired) electrons. The monoisotopic (exact) mass is 420 g/mol. The van der Waals surface area contributed by atoms with E-state index < -0.39 is 6.04 Å². The van der Waals surface area contributed by atoms with Crippen LogP contribution in [0.1, 0.15) is 37.6 Å². The van der Waals surface area contributed by atoms with E-state index in [0.29, 0.717) is 17.3 Å². The number of carbonyl (C=O) groups excluding carboxylic acids is 3. The normalized spacial score (nSPS) is 29.1. The standard InChI is InChI=1S/C19H24N4O3S2/c1-9(2)16-21-22-19(28-16)20-15(24)12(6-7-27-3)23-17(25)13-10-4-5-11(8-10)14(13)18(23)26/h4-5,9-14H,6-8H2,1-3H3,(H,20,22,24). The summed E-state index contributed by atoms with van der Waals surface area (Å²) in [6, 6.07) is -0.802. The van der Waals surface area contributed by atoms with Gasteiger partial charge in [0.15, 0.2) is 0 Å². The lowest BCUT2D eigenvalue weighted by Gasteiger charge is -2.26. The molecular formula is C19H24N4O3S2. The van der Waals surface area contributed by atoms with Crippen LogP contribution in [0.4, 0.5) is 5.13 Å². The summed E-state index contributed by atoms with van der Waals surface area (Å²) in [5, 5.41) is 12.1. The van der Waals surface area contributed by atoms with Gasteiger partial charge in [-0.15, -0.1) is 10.2 Å². The number of imide groups is 1. The van der Waals surface area contributed by atoms with Crippen molar-refractivity contribution < 1.29 is 14.4 Å². The highest BCUT2D eigenvalue weighted by molar-refractivity contribution is 7.98. The summed E-state index contributed by atoms with van der Waals surface area (Å²) >= 11 is 2.92. The number of hydrogen-bond donors (Lipinski definition) is 1. The zero-order valence-electron chi connectivity index (χ0n) is 16.1. The Morgan fingerprint density at radius 3 is 2.43 bits per heavy atom. The van der Waals surface area contributed by atoms with Crippen LogP contribution in [0.25, 0.3) is 0 Å². The molecule has 9 heteroatoms. The molecule has 1 aromatic heterocycles. The van der Waals surface area contributed by atoms with E-state index in [1.165, 1.54) is 16.2 Å². The van der Waals surface area contributed by atoms with Crippen LogP contribution in [0.2, 0.25) is 0 Å². The zero-order valence-corrected chi connectivity index (χ0v) is 17.8. The summed E-state index contributed by atoms with van der Waals surface area (Å²) in [6.45, 7) is 4.02. The number of anilines is 1. The third kappa shape index (κ3) is 3.18. The lowest BCUT2D eigenvalue weighted by Crippen LogP contribution is -2.48. The molecule has 2 fully saturated rings. The lowest BCUT2D eigenvalue weighted by molar-refractivity contribution is -0.147. The topological polar surface area (TPSA) is 92.3 Å². The van der Waals surface area contributed by atoms with Gasteiger partial charge in [0.1, 0.15) is 11.0 Å². The average Bonchev–Trinajstić information content (AvgIpc) is 3.42. The Bertz CT molecular complexity index is 807. The van der Waals surface area contributed by atoms with Gasteiger partial charge >= 0.3 is 0 Å². The van der Waals surface area contributed by atoms with Gasteiger partial charge in [-0.25, -0.2) is 0 Å². The van der Waals surface area contributed by atoms with Gasteiger partial charge in [-0.1, -0.05) is 37.3 Å². The van der Waals surface area contributed by atoms with E-state index in [-0.39, 0.29) is 47.3 Å². The first-order valence-electron chi connectivity index (χ1n) is 9.60. The van der Waals surface area contributed by atoms with Crippen LogP contribution in [-0.2, 0) is 14.4 Å². The molecule has 1 aliphatic heterocycles. The Balaban J connectivity index is 1.55. The van der Waals surface area contributed by atoms with Crippen molar-refractivity contribution in [2.75, 3.05) is 17.3 Å². The molecule has 28 heavy (non-hydrogen) atoms. The van der Waals surface area contributed by atoms with Crippen LogP contribution >= 0.6 is 23.1 Å². The van der Waals surface area contributed by atoms with Gasteiger partial charge in [0.25, 0.3) is 0 Å². The van der Waals surface area contributed by atoms with Crippen LogP contribution in [-0.4, -0.2) is 50.9 Å². The van der Waals surface area contributed by atoms with Crippen molar-refractivity contribution in [3.63, 3.8) is 0 Å². The molecule has 2 bridgehead atoms. The molecule has 1 N–H and O–H groups in total. The first-order chi connectivity index (χ1) is 13.4. The molecule has 2 heterocycles. The number of hydrogen-bond acceptors (Lipinski definition) is 7. The van der Waals surface area contributed by atoms with Gasteiger partial charge in [0, 0.05) is 5.92 Å². The van der Waals surface area contributed by atoms with E-state index in [1.54, 1.807) is 11.8 Å². The number of likely N-dealkylation sites (tertiary alicyclic amines) is 1. The fraction of sp³-hybridized carbons (Fsp3) is 0.632. The van der Waals surface area contributed by atoms with Gasteiger partial charge < -0.3 is 0 Å². The third-order valence-corrected chi connectivity index (χ3v) is 7.66. The van der Waals surface area contributed by atoms with Crippen molar-refractivity contribution in [1.82, 2.24) is 15.1 Å². The highest BCUT2D eigenvalue weighted by Gasteiger charge is 2.61. The summed E-state index contributed by atoms with van der Waals surface area (Å²) in [4.78, 5) is 40.5. The second kappa shape index (κ2) is 7.59. The van der Waals surface area contributed by atoms with Gasteiger partial charge in [0.2, 0.25) is 22.9 Å². The number of rotatable bonds is 7. The van der Waals surface area contributed by atoms with Crippen molar-refractivity contribution in [3.05, 3.63) is 17.2 Å². The molecule has 3 amide bonds. The average molecular weight is 421 g/mol. The molecule has 7 nitrogen and oxygen atoms in total. The highest BCUT2D eigenvalue weighted by Crippen LogP contribution is 2.53. The fourth-order valence-corrected chi connectivity index (χ4v) is 5.75. The largest absolute Gasteiger partial charge is 0.299 e. The van der Waals surface area contributed by atoms with Crippen molar-refractivity contribution in [2.24, 2.45) is 23.7 Å². The van der Waals surface area contributed by atoms with Crippen LogP contribution in [0, 0.1) is 23.7 Å². The van der Waals surface area contributed by atoms with Crippen molar-refractivity contribution in [2.45, 2.75) is 38.6 Å². The molecule has 150 valence electrons. The van der Waals surface area contributed by atoms with E-state index in [0.717, 1.165) is 11.4 Å². The van der Waals surface area contributed by atoms with Gasteiger partial charge in [-0.2, -0.15) is 11.8 Å². The zero-order chi connectivity index (χ0) is 20.0. The van der Waals surface area contributed by atoms with E-state index >= 15 is 0 Å². The number of carbonyl (C=O) groups is 3. The van der Waals surface area contributed by atoms with Crippen LogP contribution < -0.4 is 5.32 Å². The number of nitrogens with zero attached hydrogens (tertiary/aromatic N) is 3. The maximum atomic E-state index is 13.1. The minimum absolute atomic E-state index is 0.137. The second-order valence-corrected chi connectivity index (χ2v) is 9.93. The number of aromatic nitrogens is 2. The summed E-state index contributed by atoms with van der Waals surface area (Å²) in [6.07, 6.45) is 7.38. The first-order valence-corrected chi connectivity index (χ1v) is 11.8. The van der Waals surface area contributed by atoms with E-state index in [9.17, 15) is 14.4 Å². The van der Waals surface area contributed by atoms with Gasteiger partial charge in [0.05, 0.1) is 11.8 Å². The number of thioether (sulfide) groups is 1. The maximum absolute atomic E-state index is 13.1. The second-order valence-electron chi connectivity index (χ2n) is 7.93. The summed E-state index contributed by atoms with van der Waals surface area (Å²) in [5.41, 5.74) is 0. The van der Waals surface area contributed by atoms with E-state index in [2.05, 4.69) is 27.7 Å². The molecule has 5 unspecified atom stereocenters. The lowest BCUT2D eigenvalue weighted by atomic mass is 9.85. The third-order valence-electron chi connectivity index (χ3n) is 5.88. The minimum atomic E-state index is -0.802. The van der Waals surface area contributed by atoms with Crippen molar-refractivity contribution in [1.29, 1.82) is 0 Å². The molecule has 0 aromatic carbocycles. The number of amides is 3. The Labute approximate surface area is 172 Å². The Morgan fingerprint density at radius 1 is 1.25 bits per heavy atom. The van der Waals surface area contributed by atoms with Crippen LogP contribution in [0.15, 0.2) is 12.2 Å². The summed E-state index contributed by atoms with van der Waals surface area (Å²) < 4.78 is 0. The molecule has 1 aromatic rings. The predicted octanol–water partition coefficient (Wildman–Crippen LogP) is 2.53. The number of nitrogens with one attached hydrogen (secondary N) is 1. The van der Waals surface area contributed by atoms with Crippen molar-refractivity contribution in [3.8, 4) is 0 Å². The SMILES string of the molecule is CSCCC(C(=O)Nc1nnc(C(C)C)s1)N1C(=O)C2C3C=CC(C3)C2C1=O. The van der Waals surface area contributed by atoms with Gasteiger partial charge in [-0.3, -0.25) is 24.6 Å². The highest BCUT2D eigenvalue weighted by atomic mass is 32.2. The van der Waals surface area contributed by atoms with Crippen molar-refractivity contribution >= 4 is 46.0 Å². The van der Waals surface area contributed by atoms with E-state index in [4.69, 9.17) is 0 Å². The molecule has 1 saturated heterocycles. The number of fused-ring (bicyclic) bond motifs is 5. The minimum Gasteiger partial charge on any atom is -0.299 e. The molecular weight excluding hydrogens is 396 g/mol. The van der Waals surface area contributed by atoms with Gasteiger partial charge in [-0.05, 0) is 36.7 Å². The number of allylic oxidation sites excluding steroid dienone is 2. The Kier molecular flexibility index (Phi) is 5.30. The summed E-state index contributed by atoms with van der Waals surface area (Å²) in [5.74, 6) is -0.135. The quantitative estimate of drug-likeness (QED) is 0.538. The maximum Gasteiger partial charge on any atom is 0.249 e. The Hall–Kier alpha value is -1.74. The van der Waals surface area contributed by atoms with Crippen LogP contribution in [0.5, 0.6) is 0 Å². The summed E-state index contributed by atoms with van der Waals surface area (Å²) in [7, 11) is 0. The molecule has 3 aliphatic rings. The molecule has 4 rings (SSSR count). The molecule has 0 spiro atoms. The smallest absolute Gasteiger partial charge is 0.249 e.